The summed E-state index contributed by atoms with van der Waals surface area (Å²) in [5, 5.41) is 6.53. The van der Waals surface area contributed by atoms with Crippen molar-refractivity contribution < 1.29 is 0 Å². The molecule has 0 saturated carbocycles. The van der Waals surface area contributed by atoms with E-state index in [1.165, 1.54) is 5.56 Å². The van der Waals surface area contributed by atoms with Crippen molar-refractivity contribution in [3.63, 3.8) is 0 Å². The molecule has 0 radical (unpaired) electrons. The van der Waals surface area contributed by atoms with Crippen LogP contribution in [-0.4, -0.2) is 28.5 Å². The van der Waals surface area contributed by atoms with Crippen LogP contribution in [0.4, 0.5) is 11.6 Å². The van der Waals surface area contributed by atoms with E-state index in [2.05, 4.69) is 39.4 Å². The molecule has 2 heterocycles. The van der Waals surface area contributed by atoms with E-state index in [-0.39, 0.29) is 0 Å². The number of pyridine rings is 1. The highest BCUT2D eigenvalue weighted by Crippen LogP contribution is 2.27. The molecule has 5 heteroatoms. The number of rotatable bonds is 6. The second kappa shape index (κ2) is 6.84. The molecule has 2 aromatic rings. The summed E-state index contributed by atoms with van der Waals surface area (Å²) in [4.78, 5) is 12.7. The normalized spacial score (nSPS) is 10.6. The molecule has 0 spiro atoms. The summed E-state index contributed by atoms with van der Waals surface area (Å²) in [6.45, 7) is 5.13. The van der Waals surface area contributed by atoms with Crippen molar-refractivity contribution in [2.45, 2.75) is 26.2 Å². The lowest BCUT2D eigenvalue weighted by atomic mass is 10.0. The molecule has 5 nitrogen and oxygen atoms in total. The van der Waals surface area contributed by atoms with E-state index in [9.17, 15) is 0 Å². The smallest absolute Gasteiger partial charge is 0.134 e. The van der Waals surface area contributed by atoms with E-state index in [1.807, 2.05) is 31.6 Å². The van der Waals surface area contributed by atoms with E-state index in [0.717, 1.165) is 30.2 Å². The fourth-order valence-corrected chi connectivity index (χ4v) is 2.16. The van der Waals surface area contributed by atoms with E-state index >= 15 is 0 Å². The van der Waals surface area contributed by atoms with Gasteiger partial charge in [0.05, 0.1) is 0 Å². The maximum absolute atomic E-state index is 4.37. The Kier molecular flexibility index (Phi) is 4.87. The molecular weight excluding hydrogens is 250 g/mol. The Bertz CT molecular complexity index is 539. The Balaban J connectivity index is 2.06. The molecular formula is C15H21N5. The molecule has 106 valence electrons. The Morgan fingerprint density at radius 1 is 1.10 bits per heavy atom. The molecule has 0 unspecified atom stereocenters. The first kappa shape index (κ1) is 14.2. The largest absolute Gasteiger partial charge is 0.373 e. The number of anilines is 2. The molecule has 0 fully saturated rings. The zero-order chi connectivity index (χ0) is 14.4. The standard InChI is InChI=1S/C15H21N5/c1-11(2)13-14(16-3)19-10-20-15(13)18-9-6-12-4-7-17-8-5-12/h4-5,7-8,10-11H,6,9H2,1-3H3,(H2,16,18,19,20). The Labute approximate surface area is 119 Å². The minimum atomic E-state index is 0.363. The van der Waals surface area contributed by atoms with Gasteiger partial charge >= 0.3 is 0 Å². The average Bonchev–Trinajstić information content (AvgIpc) is 2.47. The molecule has 0 aliphatic carbocycles. The lowest BCUT2D eigenvalue weighted by Gasteiger charge is -2.16. The first-order valence-corrected chi connectivity index (χ1v) is 6.87. The monoisotopic (exact) mass is 271 g/mol. The van der Waals surface area contributed by atoms with Gasteiger partial charge in [0.15, 0.2) is 0 Å². The average molecular weight is 271 g/mol. The predicted molar refractivity (Wildman–Crippen MR) is 82.1 cm³/mol. The Morgan fingerprint density at radius 2 is 1.80 bits per heavy atom. The van der Waals surface area contributed by atoms with Gasteiger partial charge in [-0.2, -0.15) is 0 Å². The second-order valence-corrected chi connectivity index (χ2v) is 4.92. The first-order valence-electron chi connectivity index (χ1n) is 6.87. The van der Waals surface area contributed by atoms with Crippen LogP contribution in [0.3, 0.4) is 0 Å². The van der Waals surface area contributed by atoms with Crippen LogP contribution in [0.25, 0.3) is 0 Å². The van der Waals surface area contributed by atoms with Crippen molar-refractivity contribution in [3.8, 4) is 0 Å². The summed E-state index contributed by atoms with van der Waals surface area (Å²) in [6, 6.07) is 4.06. The van der Waals surface area contributed by atoms with E-state index < -0.39 is 0 Å². The highest BCUT2D eigenvalue weighted by molar-refractivity contribution is 5.58. The Hall–Kier alpha value is -2.17. The van der Waals surface area contributed by atoms with Gasteiger partial charge in [-0.3, -0.25) is 4.98 Å². The second-order valence-electron chi connectivity index (χ2n) is 4.92. The van der Waals surface area contributed by atoms with Crippen LogP contribution >= 0.6 is 0 Å². The van der Waals surface area contributed by atoms with E-state index in [1.54, 1.807) is 6.33 Å². The molecule has 0 amide bonds. The summed E-state index contributed by atoms with van der Waals surface area (Å²) in [7, 11) is 1.88. The van der Waals surface area contributed by atoms with Crippen molar-refractivity contribution in [1.82, 2.24) is 15.0 Å². The van der Waals surface area contributed by atoms with Crippen molar-refractivity contribution in [2.75, 3.05) is 24.2 Å². The minimum absolute atomic E-state index is 0.363. The number of hydrogen-bond donors (Lipinski definition) is 2. The van der Waals surface area contributed by atoms with Crippen LogP contribution < -0.4 is 10.6 Å². The van der Waals surface area contributed by atoms with Gasteiger partial charge in [-0.25, -0.2) is 9.97 Å². The number of nitrogens with one attached hydrogen (secondary N) is 2. The minimum Gasteiger partial charge on any atom is -0.373 e. The highest BCUT2D eigenvalue weighted by atomic mass is 15.1. The fourth-order valence-electron chi connectivity index (χ4n) is 2.16. The summed E-state index contributed by atoms with van der Waals surface area (Å²) in [5.74, 6) is 2.16. The lowest BCUT2D eigenvalue weighted by Crippen LogP contribution is -2.12. The van der Waals surface area contributed by atoms with Gasteiger partial charge in [0, 0.05) is 31.5 Å². The molecule has 2 N–H and O–H groups in total. The van der Waals surface area contributed by atoms with Gasteiger partial charge in [0.1, 0.15) is 18.0 Å². The topological polar surface area (TPSA) is 62.7 Å². The van der Waals surface area contributed by atoms with E-state index in [4.69, 9.17) is 0 Å². The maximum atomic E-state index is 4.37. The van der Waals surface area contributed by atoms with Gasteiger partial charge in [0.2, 0.25) is 0 Å². The van der Waals surface area contributed by atoms with Gasteiger partial charge < -0.3 is 10.6 Å². The number of nitrogens with zero attached hydrogens (tertiary/aromatic N) is 3. The maximum Gasteiger partial charge on any atom is 0.134 e. The van der Waals surface area contributed by atoms with Crippen LogP contribution in [0.15, 0.2) is 30.9 Å². The molecule has 0 aliphatic rings. The SMILES string of the molecule is CNc1ncnc(NCCc2ccncc2)c1C(C)C. The van der Waals surface area contributed by atoms with Gasteiger partial charge in [0.25, 0.3) is 0 Å². The van der Waals surface area contributed by atoms with Gasteiger partial charge in [-0.15, -0.1) is 0 Å². The summed E-state index contributed by atoms with van der Waals surface area (Å²) >= 11 is 0. The summed E-state index contributed by atoms with van der Waals surface area (Å²) < 4.78 is 0. The summed E-state index contributed by atoms with van der Waals surface area (Å²) in [5.41, 5.74) is 2.39. The first-order chi connectivity index (χ1) is 9.72. The zero-order valence-corrected chi connectivity index (χ0v) is 12.2. The molecule has 0 atom stereocenters. The molecule has 0 saturated heterocycles. The molecule has 0 aliphatic heterocycles. The van der Waals surface area contributed by atoms with Crippen molar-refractivity contribution in [1.29, 1.82) is 0 Å². The van der Waals surface area contributed by atoms with Crippen molar-refractivity contribution in [2.24, 2.45) is 0 Å². The fraction of sp³-hybridized carbons (Fsp3) is 0.400. The number of hydrogen-bond acceptors (Lipinski definition) is 5. The third-order valence-corrected chi connectivity index (χ3v) is 3.15. The molecule has 2 rings (SSSR count). The number of aromatic nitrogens is 3. The van der Waals surface area contributed by atoms with E-state index in [0.29, 0.717) is 5.92 Å². The van der Waals surface area contributed by atoms with Crippen LogP contribution in [0.1, 0.15) is 30.9 Å². The molecule has 20 heavy (non-hydrogen) atoms. The lowest BCUT2D eigenvalue weighted by molar-refractivity contribution is 0.845. The van der Waals surface area contributed by atoms with Crippen LogP contribution in [0.2, 0.25) is 0 Å². The third kappa shape index (κ3) is 3.44. The summed E-state index contributed by atoms with van der Waals surface area (Å²) in [6.07, 6.45) is 6.17. The van der Waals surface area contributed by atoms with Crippen molar-refractivity contribution in [3.05, 3.63) is 42.0 Å². The third-order valence-electron chi connectivity index (χ3n) is 3.15. The van der Waals surface area contributed by atoms with Crippen LogP contribution in [-0.2, 0) is 6.42 Å². The Morgan fingerprint density at radius 3 is 2.45 bits per heavy atom. The van der Waals surface area contributed by atoms with Crippen LogP contribution in [0, 0.1) is 0 Å². The highest BCUT2D eigenvalue weighted by Gasteiger charge is 2.13. The van der Waals surface area contributed by atoms with Gasteiger partial charge in [-0.05, 0) is 30.0 Å². The zero-order valence-electron chi connectivity index (χ0n) is 12.2. The molecule has 0 bridgehead atoms. The van der Waals surface area contributed by atoms with Crippen LogP contribution in [0.5, 0.6) is 0 Å². The molecule has 2 aromatic heterocycles. The van der Waals surface area contributed by atoms with Crippen molar-refractivity contribution >= 4 is 11.6 Å². The quantitative estimate of drug-likeness (QED) is 0.845. The predicted octanol–water partition coefficient (Wildman–Crippen LogP) is 2.69. The molecule has 0 aromatic carbocycles. The van der Waals surface area contributed by atoms with Gasteiger partial charge in [-0.1, -0.05) is 13.8 Å².